The zero-order chi connectivity index (χ0) is 11.1. The summed E-state index contributed by atoms with van der Waals surface area (Å²) in [5.41, 5.74) is 2.09. The maximum absolute atomic E-state index is 9.80. The highest BCUT2D eigenvalue weighted by atomic mass is 16.3. The first kappa shape index (κ1) is 12.1. The van der Waals surface area contributed by atoms with Gasteiger partial charge in [0, 0.05) is 0 Å². The Morgan fingerprint density at radius 2 is 1.80 bits per heavy atom. The van der Waals surface area contributed by atoms with Crippen molar-refractivity contribution in [1.29, 1.82) is 0 Å². The van der Waals surface area contributed by atoms with Gasteiger partial charge >= 0.3 is 0 Å². The van der Waals surface area contributed by atoms with Gasteiger partial charge in [0.05, 0.1) is 0 Å². The Kier molecular flexibility index (Phi) is 5.23. The molecule has 0 saturated carbocycles. The van der Waals surface area contributed by atoms with Crippen molar-refractivity contribution in [2.24, 2.45) is 0 Å². The molecule has 0 bridgehead atoms. The van der Waals surface area contributed by atoms with Gasteiger partial charge in [-0.2, -0.15) is 0 Å². The Balaban J connectivity index is 2.34. The van der Waals surface area contributed by atoms with E-state index in [-0.39, 0.29) is 0 Å². The molecule has 0 aliphatic carbocycles. The summed E-state index contributed by atoms with van der Waals surface area (Å²) in [5.74, 6) is 0.494. The van der Waals surface area contributed by atoms with Crippen molar-refractivity contribution in [1.82, 2.24) is 0 Å². The smallest absolute Gasteiger partial charge is 0.121 e. The second kappa shape index (κ2) is 6.49. The number of aryl methyl sites for hydroxylation is 2. The maximum Gasteiger partial charge on any atom is 0.121 e. The van der Waals surface area contributed by atoms with Gasteiger partial charge < -0.3 is 5.11 Å². The van der Waals surface area contributed by atoms with E-state index in [2.05, 4.69) is 6.92 Å². The molecule has 0 aliphatic rings. The molecule has 0 heterocycles. The first-order valence-corrected chi connectivity index (χ1v) is 6.03. The molecule has 1 rings (SSSR count). The van der Waals surface area contributed by atoms with Gasteiger partial charge in [-0.25, -0.2) is 0 Å². The summed E-state index contributed by atoms with van der Waals surface area (Å²) in [6, 6.07) is 6.01. The molecule has 0 spiro atoms. The Morgan fingerprint density at radius 3 is 2.53 bits per heavy atom. The van der Waals surface area contributed by atoms with Crippen molar-refractivity contribution < 1.29 is 5.11 Å². The third-order valence-electron chi connectivity index (χ3n) is 2.87. The summed E-state index contributed by atoms with van der Waals surface area (Å²) >= 11 is 0. The lowest BCUT2D eigenvalue weighted by Gasteiger charge is -2.06. The number of benzene rings is 1. The van der Waals surface area contributed by atoms with E-state index < -0.39 is 0 Å². The highest BCUT2D eigenvalue weighted by Gasteiger charge is 2.02. The van der Waals surface area contributed by atoms with Gasteiger partial charge in [-0.15, -0.1) is 0 Å². The molecule has 0 amide bonds. The van der Waals surface area contributed by atoms with E-state index in [4.69, 9.17) is 0 Å². The summed E-state index contributed by atoms with van der Waals surface area (Å²) in [7, 11) is 0. The lowest BCUT2D eigenvalue weighted by Crippen LogP contribution is -1.88. The molecule has 1 N–H and O–H groups in total. The SMILES string of the molecule is CCCCCCCc1cccc(C)c1O. The van der Waals surface area contributed by atoms with Crippen LogP contribution in [0.3, 0.4) is 0 Å². The van der Waals surface area contributed by atoms with Crippen LogP contribution in [0.1, 0.15) is 50.2 Å². The molecule has 1 nitrogen and oxygen atoms in total. The van der Waals surface area contributed by atoms with Gasteiger partial charge in [-0.05, 0) is 30.9 Å². The quantitative estimate of drug-likeness (QED) is 0.691. The number of phenols is 1. The molecule has 0 aromatic heterocycles. The second-order valence-electron chi connectivity index (χ2n) is 4.25. The Bertz CT molecular complexity index is 291. The zero-order valence-corrected chi connectivity index (χ0v) is 9.92. The summed E-state index contributed by atoms with van der Waals surface area (Å²) in [6.07, 6.45) is 7.42. The Morgan fingerprint density at radius 1 is 1.07 bits per heavy atom. The van der Waals surface area contributed by atoms with Crippen molar-refractivity contribution in [3.63, 3.8) is 0 Å². The van der Waals surface area contributed by atoms with Crippen molar-refractivity contribution in [3.05, 3.63) is 29.3 Å². The molecule has 0 fully saturated rings. The minimum atomic E-state index is 0.494. The average molecular weight is 206 g/mol. The molecule has 1 aromatic rings. The first-order valence-electron chi connectivity index (χ1n) is 6.03. The van der Waals surface area contributed by atoms with Gasteiger partial charge in [0.2, 0.25) is 0 Å². The number of rotatable bonds is 6. The molecular weight excluding hydrogens is 184 g/mol. The van der Waals surface area contributed by atoms with Crippen LogP contribution in [0.15, 0.2) is 18.2 Å². The van der Waals surface area contributed by atoms with Crippen LogP contribution >= 0.6 is 0 Å². The normalized spacial score (nSPS) is 10.5. The molecule has 0 aliphatic heterocycles. The monoisotopic (exact) mass is 206 g/mol. The Labute approximate surface area is 93.1 Å². The van der Waals surface area contributed by atoms with Crippen molar-refractivity contribution >= 4 is 0 Å². The van der Waals surface area contributed by atoms with E-state index >= 15 is 0 Å². The van der Waals surface area contributed by atoms with E-state index in [1.165, 1.54) is 32.1 Å². The van der Waals surface area contributed by atoms with Crippen LogP contribution in [-0.2, 0) is 6.42 Å². The van der Waals surface area contributed by atoms with Crippen LogP contribution in [0.4, 0.5) is 0 Å². The van der Waals surface area contributed by atoms with Crippen LogP contribution in [0.5, 0.6) is 5.75 Å². The fourth-order valence-electron chi connectivity index (χ4n) is 1.84. The highest BCUT2D eigenvalue weighted by Crippen LogP contribution is 2.23. The third-order valence-corrected chi connectivity index (χ3v) is 2.87. The lowest BCUT2D eigenvalue weighted by atomic mass is 10.0. The topological polar surface area (TPSA) is 20.2 Å². The van der Waals surface area contributed by atoms with Crippen LogP contribution in [0, 0.1) is 6.92 Å². The first-order chi connectivity index (χ1) is 7.25. The van der Waals surface area contributed by atoms with E-state index in [0.717, 1.165) is 17.5 Å². The highest BCUT2D eigenvalue weighted by molar-refractivity contribution is 5.39. The van der Waals surface area contributed by atoms with Gasteiger partial charge in [0.15, 0.2) is 0 Å². The van der Waals surface area contributed by atoms with Crippen LogP contribution in [0.25, 0.3) is 0 Å². The summed E-state index contributed by atoms with van der Waals surface area (Å²) in [4.78, 5) is 0. The molecule has 15 heavy (non-hydrogen) atoms. The number of aromatic hydroxyl groups is 1. The van der Waals surface area contributed by atoms with Crippen LogP contribution in [-0.4, -0.2) is 5.11 Å². The minimum absolute atomic E-state index is 0.494. The summed E-state index contributed by atoms with van der Waals surface area (Å²) in [6.45, 7) is 4.18. The third kappa shape index (κ3) is 3.94. The molecule has 1 aromatic carbocycles. The number of hydrogen-bond acceptors (Lipinski definition) is 1. The Hall–Kier alpha value is -0.980. The van der Waals surface area contributed by atoms with Gasteiger partial charge in [0.1, 0.15) is 5.75 Å². The molecule has 84 valence electrons. The van der Waals surface area contributed by atoms with Crippen LogP contribution in [0.2, 0.25) is 0 Å². The van der Waals surface area contributed by atoms with E-state index in [1.54, 1.807) is 0 Å². The molecule has 0 atom stereocenters. The second-order valence-corrected chi connectivity index (χ2v) is 4.25. The predicted octanol–water partition coefficient (Wildman–Crippen LogP) is 4.21. The molecule has 0 unspecified atom stereocenters. The molecular formula is C14H22O. The predicted molar refractivity (Wildman–Crippen MR) is 65.3 cm³/mol. The van der Waals surface area contributed by atoms with Gasteiger partial charge in [0.25, 0.3) is 0 Å². The van der Waals surface area contributed by atoms with E-state index in [9.17, 15) is 5.11 Å². The van der Waals surface area contributed by atoms with Crippen LogP contribution < -0.4 is 0 Å². The number of para-hydroxylation sites is 1. The molecule has 0 saturated heterocycles. The van der Waals surface area contributed by atoms with E-state index in [1.807, 2.05) is 25.1 Å². The van der Waals surface area contributed by atoms with Crippen molar-refractivity contribution in [2.45, 2.75) is 52.4 Å². The average Bonchev–Trinajstić information content (AvgIpc) is 2.24. The lowest BCUT2D eigenvalue weighted by molar-refractivity contribution is 0.462. The molecule has 1 heteroatoms. The fourth-order valence-corrected chi connectivity index (χ4v) is 1.84. The van der Waals surface area contributed by atoms with Gasteiger partial charge in [-0.3, -0.25) is 0 Å². The number of phenolic OH excluding ortho intramolecular Hbond substituents is 1. The summed E-state index contributed by atoms with van der Waals surface area (Å²) < 4.78 is 0. The van der Waals surface area contributed by atoms with E-state index in [0.29, 0.717) is 5.75 Å². The fraction of sp³-hybridized carbons (Fsp3) is 0.571. The van der Waals surface area contributed by atoms with Crippen molar-refractivity contribution in [2.75, 3.05) is 0 Å². The standard InChI is InChI=1S/C14H22O/c1-3-4-5-6-7-10-13-11-8-9-12(2)14(13)15/h8-9,11,15H,3-7,10H2,1-2H3. The maximum atomic E-state index is 9.80. The largest absolute Gasteiger partial charge is 0.507 e. The minimum Gasteiger partial charge on any atom is -0.507 e. The number of hydrogen-bond donors (Lipinski definition) is 1. The summed E-state index contributed by atoms with van der Waals surface area (Å²) in [5, 5.41) is 9.80. The number of unbranched alkanes of at least 4 members (excludes halogenated alkanes) is 4. The van der Waals surface area contributed by atoms with Crippen molar-refractivity contribution in [3.8, 4) is 5.75 Å². The molecule has 0 radical (unpaired) electrons. The zero-order valence-electron chi connectivity index (χ0n) is 9.92. The van der Waals surface area contributed by atoms with Gasteiger partial charge in [-0.1, -0.05) is 50.8 Å².